The molecule has 1 unspecified atom stereocenters. The Hall–Kier alpha value is -3.37. The standard InChI is InChI=1S/C20H15FN4O.C9H21N.2C2H6/c1-12-8-16(4-2-15(12)10-22)25-20(19(21)18(11-26)24-25)14-3-5-17-13(9-14)6-7-23-17;1-4-9(10)7-5-6-8(2)3;2*1-2/h2,4,6,8-9,11H,3,5,7H2,1H3;8-9H,4-7,10H2,1-3H3;2*1-2H3. The van der Waals surface area contributed by atoms with Gasteiger partial charge in [0.2, 0.25) is 0 Å². The van der Waals surface area contributed by atoms with Gasteiger partial charge in [-0.2, -0.15) is 10.4 Å². The summed E-state index contributed by atoms with van der Waals surface area (Å²) in [7, 11) is 0. The minimum atomic E-state index is -0.618. The van der Waals surface area contributed by atoms with Gasteiger partial charge in [-0.1, -0.05) is 67.4 Å². The topological polar surface area (TPSA) is 97.1 Å². The maximum atomic E-state index is 14.9. The fourth-order valence-electron chi connectivity index (χ4n) is 4.38. The van der Waals surface area contributed by atoms with Gasteiger partial charge in [-0.3, -0.25) is 9.79 Å². The third-order valence-corrected chi connectivity index (χ3v) is 6.61. The number of carbonyl (C=O) groups is 1. The Morgan fingerprint density at radius 3 is 2.45 bits per heavy atom. The Morgan fingerprint density at radius 2 is 1.88 bits per heavy atom. The molecule has 2 aromatic rings. The number of nitrogens with two attached hydrogens (primary N) is 1. The first kappa shape index (κ1) is 34.7. The van der Waals surface area contributed by atoms with Crippen LogP contribution in [-0.2, 0) is 0 Å². The molecule has 40 heavy (non-hydrogen) atoms. The molecule has 0 fully saturated rings. The van der Waals surface area contributed by atoms with Crippen molar-refractivity contribution in [2.75, 3.05) is 6.54 Å². The fourth-order valence-corrected chi connectivity index (χ4v) is 4.38. The number of hydrogen-bond donors (Lipinski definition) is 1. The predicted molar refractivity (Wildman–Crippen MR) is 166 cm³/mol. The van der Waals surface area contributed by atoms with E-state index in [9.17, 15) is 9.18 Å². The smallest absolute Gasteiger partial charge is 0.179 e. The number of aldehydes is 1. The number of aryl methyl sites for hydroxylation is 1. The highest BCUT2D eigenvalue weighted by Gasteiger charge is 2.26. The summed E-state index contributed by atoms with van der Waals surface area (Å²) in [6, 6.07) is 7.71. The monoisotopic (exact) mass is 549 g/mol. The lowest BCUT2D eigenvalue weighted by atomic mass is 9.92. The SMILES string of the molecule is CC.CC.CCC(N)CCCC(C)C.Cc1cc(-n2nc(C=O)c(F)c2C2=CC3=CCN=C3CC2)ccc1C#N. The van der Waals surface area contributed by atoms with E-state index < -0.39 is 5.82 Å². The van der Waals surface area contributed by atoms with Crippen LogP contribution in [0.25, 0.3) is 11.3 Å². The number of aliphatic imine (C=N–C) groups is 1. The van der Waals surface area contributed by atoms with Gasteiger partial charge in [0.15, 0.2) is 17.8 Å². The number of nitrogens with zero attached hydrogens (tertiary/aromatic N) is 4. The van der Waals surface area contributed by atoms with E-state index in [1.54, 1.807) is 18.2 Å². The molecule has 0 amide bonds. The second-order valence-corrected chi connectivity index (χ2v) is 9.80. The van der Waals surface area contributed by atoms with Gasteiger partial charge in [-0.25, -0.2) is 9.07 Å². The molecule has 7 heteroatoms. The molecule has 0 saturated carbocycles. The van der Waals surface area contributed by atoms with Crippen molar-refractivity contribution in [3.8, 4) is 11.8 Å². The fraction of sp³-hybridized carbons (Fsp3) is 0.515. The zero-order valence-electron chi connectivity index (χ0n) is 25.7. The second-order valence-electron chi connectivity index (χ2n) is 9.80. The van der Waals surface area contributed by atoms with Crippen LogP contribution in [0, 0.1) is 30.0 Å². The third kappa shape index (κ3) is 9.38. The molecular formula is C33H48FN5O. The molecule has 4 rings (SSSR count). The summed E-state index contributed by atoms with van der Waals surface area (Å²) < 4.78 is 16.4. The predicted octanol–water partition coefficient (Wildman–Crippen LogP) is 8.16. The Bertz CT molecular complexity index is 1230. The van der Waals surface area contributed by atoms with Gasteiger partial charge >= 0.3 is 0 Å². The van der Waals surface area contributed by atoms with E-state index >= 15 is 0 Å². The van der Waals surface area contributed by atoms with Crippen LogP contribution in [-0.4, -0.2) is 34.4 Å². The minimum Gasteiger partial charge on any atom is -0.328 e. The van der Waals surface area contributed by atoms with Crippen molar-refractivity contribution in [2.45, 2.75) is 100.0 Å². The summed E-state index contributed by atoms with van der Waals surface area (Å²) in [6.45, 7) is 17.1. The summed E-state index contributed by atoms with van der Waals surface area (Å²) in [5.74, 6) is 0.219. The van der Waals surface area contributed by atoms with E-state index in [4.69, 9.17) is 11.0 Å². The van der Waals surface area contributed by atoms with Crippen molar-refractivity contribution in [1.29, 1.82) is 5.26 Å². The zero-order valence-corrected chi connectivity index (χ0v) is 25.7. The average molecular weight is 550 g/mol. The van der Waals surface area contributed by atoms with Crippen LogP contribution in [0.1, 0.15) is 114 Å². The molecule has 1 aliphatic carbocycles. The van der Waals surface area contributed by atoms with Crippen molar-refractivity contribution in [3.05, 3.63) is 64.3 Å². The quantitative estimate of drug-likeness (QED) is 0.336. The van der Waals surface area contributed by atoms with Gasteiger partial charge in [-0.15, -0.1) is 0 Å². The normalized spacial score (nSPS) is 14.0. The molecule has 2 heterocycles. The molecule has 1 aromatic heterocycles. The number of halogens is 1. The van der Waals surface area contributed by atoms with Crippen LogP contribution in [0.2, 0.25) is 0 Å². The van der Waals surface area contributed by atoms with E-state index in [1.807, 2.05) is 46.8 Å². The number of fused-ring (bicyclic) bond motifs is 1. The Kier molecular flexibility index (Phi) is 15.7. The molecule has 218 valence electrons. The molecule has 0 bridgehead atoms. The first-order valence-electron chi connectivity index (χ1n) is 14.7. The molecule has 2 N–H and O–H groups in total. The number of hydrogen-bond acceptors (Lipinski definition) is 5. The molecule has 0 spiro atoms. The maximum Gasteiger partial charge on any atom is 0.179 e. The van der Waals surface area contributed by atoms with Gasteiger partial charge in [0.25, 0.3) is 0 Å². The molecule has 0 saturated heterocycles. The van der Waals surface area contributed by atoms with Gasteiger partial charge in [-0.05, 0) is 79.5 Å². The van der Waals surface area contributed by atoms with Crippen LogP contribution in [0.15, 0.2) is 40.9 Å². The largest absolute Gasteiger partial charge is 0.328 e. The van der Waals surface area contributed by atoms with Crippen LogP contribution in [0.3, 0.4) is 0 Å². The molecular weight excluding hydrogens is 501 g/mol. The number of carbonyl (C=O) groups excluding carboxylic acids is 1. The lowest BCUT2D eigenvalue weighted by Gasteiger charge is -2.17. The van der Waals surface area contributed by atoms with Gasteiger partial charge in [0.05, 0.1) is 23.9 Å². The van der Waals surface area contributed by atoms with E-state index in [-0.39, 0.29) is 5.69 Å². The van der Waals surface area contributed by atoms with Gasteiger partial charge < -0.3 is 5.73 Å². The number of allylic oxidation sites excluding steroid dienone is 3. The first-order valence-corrected chi connectivity index (χ1v) is 14.7. The Labute approximate surface area is 240 Å². The highest BCUT2D eigenvalue weighted by molar-refractivity contribution is 6.08. The first-order chi connectivity index (χ1) is 19.3. The summed E-state index contributed by atoms with van der Waals surface area (Å²) in [4.78, 5) is 15.7. The highest BCUT2D eigenvalue weighted by atomic mass is 19.1. The molecule has 0 radical (unpaired) electrons. The van der Waals surface area contributed by atoms with E-state index in [0.29, 0.717) is 42.2 Å². The van der Waals surface area contributed by atoms with Crippen LogP contribution < -0.4 is 5.73 Å². The summed E-state index contributed by atoms with van der Waals surface area (Å²) >= 11 is 0. The third-order valence-electron chi connectivity index (χ3n) is 6.61. The lowest BCUT2D eigenvalue weighted by Crippen LogP contribution is -2.18. The van der Waals surface area contributed by atoms with Gasteiger partial charge in [0.1, 0.15) is 5.69 Å². The summed E-state index contributed by atoms with van der Waals surface area (Å²) in [5, 5.41) is 13.3. The number of benzene rings is 1. The van der Waals surface area contributed by atoms with Crippen LogP contribution in [0.5, 0.6) is 0 Å². The molecule has 1 atom stereocenters. The van der Waals surface area contributed by atoms with E-state index in [1.165, 1.54) is 23.9 Å². The highest BCUT2D eigenvalue weighted by Crippen LogP contribution is 2.33. The summed E-state index contributed by atoms with van der Waals surface area (Å²) in [5.41, 5.74) is 10.6. The Balaban J connectivity index is 0.000000485. The zero-order chi connectivity index (χ0) is 30.2. The van der Waals surface area contributed by atoms with Crippen molar-refractivity contribution in [2.24, 2.45) is 16.6 Å². The minimum absolute atomic E-state index is 0.220. The average Bonchev–Trinajstić information content (AvgIpc) is 3.58. The molecule has 2 aliphatic rings. The molecule has 1 aliphatic heterocycles. The van der Waals surface area contributed by atoms with Crippen molar-refractivity contribution >= 4 is 17.6 Å². The maximum absolute atomic E-state index is 14.9. The van der Waals surface area contributed by atoms with Crippen LogP contribution in [0.4, 0.5) is 4.39 Å². The number of aromatic nitrogens is 2. The Morgan fingerprint density at radius 1 is 1.18 bits per heavy atom. The van der Waals surface area contributed by atoms with E-state index in [2.05, 4.69) is 36.9 Å². The second kappa shape index (κ2) is 18.1. The van der Waals surface area contributed by atoms with Gasteiger partial charge in [0, 0.05) is 11.8 Å². The van der Waals surface area contributed by atoms with Crippen molar-refractivity contribution in [1.82, 2.24) is 9.78 Å². The molecule has 6 nitrogen and oxygen atoms in total. The molecule has 1 aromatic carbocycles. The summed E-state index contributed by atoms with van der Waals surface area (Å²) in [6.07, 6.45) is 10.7. The van der Waals surface area contributed by atoms with Crippen molar-refractivity contribution in [3.63, 3.8) is 0 Å². The number of rotatable bonds is 8. The van der Waals surface area contributed by atoms with E-state index in [0.717, 1.165) is 41.2 Å². The van der Waals surface area contributed by atoms with Crippen molar-refractivity contribution < 1.29 is 9.18 Å². The number of nitriles is 1. The lowest BCUT2D eigenvalue weighted by molar-refractivity contribution is 0.111. The van der Waals surface area contributed by atoms with Crippen LogP contribution >= 0.6 is 0 Å².